The number of ether oxygens (including phenoxy) is 2. The summed E-state index contributed by atoms with van der Waals surface area (Å²) >= 11 is 7.19. The van der Waals surface area contributed by atoms with Gasteiger partial charge in [-0.25, -0.2) is 14.8 Å². The van der Waals surface area contributed by atoms with Crippen LogP contribution >= 0.6 is 22.9 Å². The fraction of sp³-hybridized carbons (Fsp3) is 0.259. The highest BCUT2D eigenvalue weighted by molar-refractivity contribution is 7.18. The first-order valence-corrected chi connectivity index (χ1v) is 13.0. The SMILES string of the molecule is Cc1nc(C)c(-c2cc(-c3ccc(N4CCOCC4)cc3)nc(OCc3cc(C(=O)O)sc3Cl)c2C#N)o1. The van der Waals surface area contributed by atoms with E-state index >= 15 is 0 Å². The minimum absolute atomic E-state index is 0.0580. The van der Waals surface area contributed by atoms with Gasteiger partial charge < -0.3 is 23.9 Å². The maximum absolute atomic E-state index is 11.3. The van der Waals surface area contributed by atoms with Crippen LogP contribution in [0.1, 0.15) is 32.4 Å². The van der Waals surface area contributed by atoms with Gasteiger partial charge in [0.1, 0.15) is 27.5 Å². The van der Waals surface area contributed by atoms with Crippen LogP contribution in [0.15, 0.2) is 40.8 Å². The summed E-state index contributed by atoms with van der Waals surface area (Å²) in [5, 5.41) is 19.4. The van der Waals surface area contributed by atoms with Crippen LogP contribution < -0.4 is 9.64 Å². The van der Waals surface area contributed by atoms with Gasteiger partial charge in [-0.1, -0.05) is 23.7 Å². The van der Waals surface area contributed by atoms with Crippen molar-refractivity contribution < 1.29 is 23.8 Å². The number of thiophene rings is 1. The van der Waals surface area contributed by atoms with Crippen LogP contribution in [0.3, 0.4) is 0 Å². The molecule has 0 spiro atoms. The quantitative estimate of drug-likeness (QED) is 0.308. The van der Waals surface area contributed by atoms with E-state index in [2.05, 4.69) is 20.9 Å². The Hall–Kier alpha value is -3.91. The van der Waals surface area contributed by atoms with E-state index in [1.165, 1.54) is 6.07 Å². The van der Waals surface area contributed by atoms with Crippen molar-refractivity contribution in [3.05, 3.63) is 68.3 Å². The molecule has 11 heteroatoms. The Balaban J connectivity index is 1.55. The predicted molar refractivity (Wildman–Crippen MR) is 143 cm³/mol. The zero-order chi connectivity index (χ0) is 26.8. The summed E-state index contributed by atoms with van der Waals surface area (Å²) in [4.78, 5) is 22.7. The molecule has 1 aliphatic heterocycles. The molecule has 1 saturated heterocycles. The standard InChI is InChI=1S/C27H23ClN4O5S/c1-15-24(37-16(2)30-15)20-12-22(17-3-5-19(6-4-17)32-7-9-35-10-8-32)31-26(21(20)13-29)36-14-18-11-23(27(33)34)38-25(18)28/h3-6,11-12H,7-10,14H2,1-2H3,(H,33,34). The maximum atomic E-state index is 11.3. The van der Waals surface area contributed by atoms with E-state index in [1.54, 1.807) is 13.0 Å². The van der Waals surface area contributed by atoms with Crippen LogP contribution in [-0.4, -0.2) is 47.3 Å². The van der Waals surface area contributed by atoms with Crippen molar-refractivity contribution >= 4 is 34.6 Å². The van der Waals surface area contributed by atoms with Gasteiger partial charge in [-0.05, 0) is 31.2 Å². The summed E-state index contributed by atoms with van der Waals surface area (Å²) in [5.41, 5.74) is 4.32. The van der Waals surface area contributed by atoms with Crippen LogP contribution in [0, 0.1) is 25.2 Å². The predicted octanol–water partition coefficient (Wildman–Crippen LogP) is 5.72. The summed E-state index contributed by atoms with van der Waals surface area (Å²) in [5.74, 6) is -0.0487. The van der Waals surface area contributed by atoms with Crippen LogP contribution in [-0.2, 0) is 11.3 Å². The number of nitrogens with zero attached hydrogens (tertiary/aromatic N) is 4. The van der Waals surface area contributed by atoms with Gasteiger partial charge in [0.05, 0.1) is 24.6 Å². The zero-order valence-corrected chi connectivity index (χ0v) is 22.2. The molecule has 0 amide bonds. The molecule has 0 bridgehead atoms. The van der Waals surface area contributed by atoms with Crippen LogP contribution in [0.2, 0.25) is 4.34 Å². The second kappa shape index (κ2) is 10.8. The average molecular weight is 551 g/mol. The minimum Gasteiger partial charge on any atom is -0.477 e. The highest BCUT2D eigenvalue weighted by atomic mass is 35.5. The Morgan fingerprint density at radius 1 is 1.21 bits per heavy atom. The molecule has 1 fully saturated rings. The van der Waals surface area contributed by atoms with E-state index in [-0.39, 0.29) is 22.9 Å². The van der Waals surface area contributed by atoms with E-state index in [9.17, 15) is 15.2 Å². The molecule has 0 radical (unpaired) electrons. The van der Waals surface area contributed by atoms with Crippen molar-refractivity contribution in [2.75, 3.05) is 31.2 Å². The van der Waals surface area contributed by atoms with Crippen molar-refractivity contribution in [1.29, 1.82) is 5.26 Å². The van der Waals surface area contributed by atoms with E-state index < -0.39 is 5.97 Å². The molecule has 0 aliphatic carbocycles. The van der Waals surface area contributed by atoms with E-state index in [0.717, 1.165) is 35.7 Å². The number of carboxylic acid groups (broad SMARTS) is 1. The van der Waals surface area contributed by atoms with Gasteiger partial charge in [0.15, 0.2) is 11.7 Å². The second-order valence-corrected chi connectivity index (χ2v) is 10.3. The van der Waals surface area contributed by atoms with Gasteiger partial charge in [0, 0.05) is 42.4 Å². The molecule has 1 aliphatic rings. The summed E-state index contributed by atoms with van der Waals surface area (Å²) in [7, 11) is 0. The first-order chi connectivity index (χ1) is 18.3. The molecule has 1 N–H and O–H groups in total. The topological polar surface area (TPSA) is 122 Å². The molecule has 9 nitrogen and oxygen atoms in total. The minimum atomic E-state index is -1.07. The van der Waals surface area contributed by atoms with Gasteiger partial charge >= 0.3 is 5.97 Å². The molecule has 3 aromatic heterocycles. The number of aryl methyl sites for hydroxylation is 2. The molecule has 0 atom stereocenters. The number of carboxylic acids is 1. The molecule has 4 heterocycles. The normalized spacial score (nSPS) is 13.4. The number of aromatic nitrogens is 2. The molecule has 38 heavy (non-hydrogen) atoms. The van der Waals surface area contributed by atoms with E-state index in [1.807, 2.05) is 31.2 Å². The third-order valence-corrected chi connectivity index (χ3v) is 7.55. The number of oxazole rings is 1. The summed E-state index contributed by atoms with van der Waals surface area (Å²) in [6.07, 6.45) is 0. The molecular weight excluding hydrogens is 528 g/mol. The molecule has 194 valence electrons. The van der Waals surface area contributed by atoms with Crippen molar-refractivity contribution in [2.45, 2.75) is 20.5 Å². The molecule has 0 saturated carbocycles. The van der Waals surface area contributed by atoms with Crippen LogP contribution in [0.5, 0.6) is 5.88 Å². The second-order valence-electron chi connectivity index (χ2n) is 8.64. The van der Waals surface area contributed by atoms with Gasteiger partial charge in [-0.15, -0.1) is 11.3 Å². The van der Waals surface area contributed by atoms with Crippen molar-refractivity contribution in [3.63, 3.8) is 0 Å². The maximum Gasteiger partial charge on any atom is 0.345 e. The molecule has 5 rings (SSSR count). The Morgan fingerprint density at radius 3 is 2.55 bits per heavy atom. The van der Waals surface area contributed by atoms with Crippen LogP contribution in [0.4, 0.5) is 5.69 Å². The number of carbonyl (C=O) groups is 1. The number of morpholine rings is 1. The number of pyridine rings is 1. The monoisotopic (exact) mass is 550 g/mol. The fourth-order valence-corrected chi connectivity index (χ4v) is 5.35. The Bertz CT molecular complexity index is 1530. The number of hydrogen-bond acceptors (Lipinski definition) is 9. The number of nitriles is 1. The average Bonchev–Trinajstić information content (AvgIpc) is 3.47. The first kappa shape index (κ1) is 25.7. The molecule has 4 aromatic rings. The van der Waals surface area contributed by atoms with E-state index in [4.69, 9.17) is 25.5 Å². The molecule has 1 aromatic carbocycles. The lowest BCUT2D eigenvalue weighted by Gasteiger charge is -2.28. The lowest BCUT2D eigenvalue weighted by atomic mass is 10.0. The van der Waals surface area contributed by atoms with Gasteiger partial charge in [-0.2, -0.15) is 5.26 Å². The zero-order valence-electron chi connectivity index (χ0n) is 20.7. The fourth-order valence-electron chi connectivity index (χ4n) is 4.26. The Kier molecular flexibility index (Phi) is 7.33. The van der Waals surface area contributed by atoms with Gasteiger partial charge in [0.2, 0.25) is 5.88 Å². The first-order valence-electron chi connectivity index (χ1n) is 11.8. The Labute approximate surface area is 227 Å². The Morgan fingerprint density at radius 2 is 1.95 bits per heavy atom. The highest BCUT2D eigenvalue weighted by Crippen LogP contribution is 2.37. The summed E-state index contributed by atoms with van der Waals surface area (Å²) in [6, 6.07) is 13.4. The number of halogens is 1. The number of hydrogen-bond donors (Lipinski definition) is 1. The van der Waals surface area contributed by atoms with Crippen molar-refractivity contribution in [3.8, 4) is 34.5 Å². The summed E-state index contributed by atoms with van der Waals surface area (Å²) < 4.78 is 17.6. The summed E-state index contributed by atoms with van der Waals surface area (Å²) in [6.45, 7) is 6.54. The lowest BCUT2D eigenvalue weighted by Crippen LogP contribution is -2.36. The number of benzene rings is 1. The molecule has 0 unspecified atom stereocenters. The third-order valence-electron chi connectivity index (χ3n) is 6.12. The number of rotatable bonds is 7. The molecular formula is C27H23ClN4O5S. The van der Waals surface area contributed by atoms with Crippen molar-refractivity contribution in [2.24, 2.45) is 0 Å². The largest absolute Gasteiger partial charge is 0.477 e. The number of aromatic carboxylic acids is 1. The van der Waals surface area contributed by atoms with Crippen molar-refractivity contribution in [1.82, 2.24) is 9.97 Å². The van der Waals surface area contributed by atoms with Crippen LogP contribution in [0.25, 0.3) is 22.6 Å². The van der Waals surface area contributed by atoms with Gasteiger partial charge in [-0.3, -0.25) is 0 Å². The highest BCUT2D eigenvalue weighted by Gasteiger charge is 2.22. The lowest BCUT2D eigenvalue weighted by molar-refractivity contribution is 0.0702. The van der Waals surface area contributed by atoms with E-state index in [0.29, 0.717) is 51.7 Å². The van der Waals surface area contributed by atoms with Gasteiger partial charge in [0.25, 0.3) is 0 Å². The smallest absolute Gasteiger partial charge is 0.345 e. The third kappa shape index (κ3) is 5.22. The number of anilines is 1.